The van der Waals surface area contributed by atoms with Gasteiger partial charge < -0.3 is 19.9 Å². The van der Waals surface area contributed by atoms with Gasteiger partial charge in [-0.25, -0.2) is 9.59 Å². The molecule has 0 aliphatic carbocycles. The zero-order valence-corrected chi connectivity index (χ0v) is 18.6. The van der Waals surface area contributed by atoms with Crippen LogP contribution >= 0.6 is 0 Å². The first-order chi connectivity index (χ1) is 12.8. The second-order valence-electron chi connectivity index (χ2n) is 8.71. The van der Waals surface area contributed by atoms with E-state index in [2.05, 4.69) is 24.1 Å². The SMILES string of the molecule is COC(=O)c1[nH]c(C)c(C(=O)C(C)N(CCC(C)C)C(=O)NC(C)(C)C)c1C. The number of amides is 2. The minimum atomic E-state index is -0.667. The first kappa shape index (κ1) is 23.7. The van der Waals surface area contributed by atoms with E-state index in [1.807, 2.05) is 20.8 Å². The van der Waals surface area contributed by atoms with Crippen molar-refractivity contribution in [2.45, 2.75) is 73.4 Å². The molecule has 0 saturated carbocycles. The third-order valence-electron chi connectivity index (χ3n) is 4.61. The highest BCUT2D eigenvalue weighted by molar-refractivity contribution is 6.06. The minimum absolute atomic E-state index is 0.200. The number of urea groups is 1. The van der Waals surface area contributed by atoms with Gasteiger partial charge in [0.25, 0.3) is 0 Å². The van der Waals surface area contributed by atoms with Crippen LogP contribution in [0.1, 0.15) is 80.1 Å². The molecule has 7 heteroatoms. The number of H-pyrrole nitrogens is 1. The predicted octanol–water partition coefficient (Wildman–Crippen LogP) is 3.85. The van der Waals surface area contributed by atoms with Gasteiger partial charge in [-0.3, -0.25) is 4.79 Å². The molecule has 0 fully saturated rings. The number of ether oxygens (including phenoxy) is 1. The van der Waals surface area contributed by atoms with Crippen molar-refractivity contribution in [3.8, 4) is 0 Å². The number of ketones is 1. The molecule has 1 unspecified atom stereocenters. The van der Waals surface area contributed by atoms with Crippen LogP contribution in [0.25, 0.3) is 0 Å². The maximum atomic E-state index is 13.3. The van der Waals surface area contributed by atoms with Crippen LogP contribution in [0.4, 0.5) is 4.79 Å². The van der Waals surface area contributed by atoms with E-state index in [0.717, 1.165) is 6.42 Å². The minimum Gasteiger partial charge on any atom is -0.464 e. The molecule has 0 aliphatic rings. The highest BCUT2D eigenvalue weighted by atomic mass is 16.5. The Morgan fingerprint density at radius 3 is 2.18 bits per heavy atom. The molecule has 0 saturated heterocycles. The summed E-state index contributed by atoms with van der Waals surface area (Å²) in [5.41, 5.74) is 1.43. The van der Waals surface area contributed by atoms with Gasteiger partial charge >= 0.3 is 12.0 Å². The Morgan fingerprint density at radius 2 is 1.71 bits per heavy atom. The first-order valence-electron chi connectivity index (χ1n) is 9.70. The summed E-state index contributed by atoms with van der Waals surface area (Å²) in [7, 11) is 1.30. The van der Waals surface area contributed by atoms with Crippen molar-refractivity contribution >= 4 is 17.8 Å². The molecule has 1 aromatic heterocycles. The molecule has 1 aromatic rings. The lowest BCUT2D eigenvalue weighted by Crippen LogP contribution is -2.53. The van der Waals surface area contributed by atoms with Gasteiger partial charge in [0, 0.05) is 23.3 Å². The molecule has 28 heavy (non-hydrogen) atoms. The second-order valence-corrected chi connectivity index (χ2v) is 8.71. The van der Waals surface area contributed by atoms with Crippen molar-refractivity contribution in [2.24, 2.45) is 5.92 Å². The van der Waals surface area contributed by atoms with Crippen LogP contribution in [0.3, 0.4) is 0 Å². The predicted molar refractivity (Wildman–Crippen MR) is 110 cm³/mol. The van der Waals surface area contributed by atoms with E-state index >= 15 is 0 Å². The molecular weight excluding hydrogens is 358 g/mol. The summed E-state index contributed by atoms with van der Waals surface area (Å²) >= 11 is 0. The van der Waals surface area contributed by atoms with Crippen LogP contribution in [-0.4, -0.2) is 52.9 Å². The molecule has 2 N–H and O–H groups in total. The fraction of sp³-hybridized carbons (Fsp3) is 0.667. The smallest absolute Gasteiger partial charge is 0.354 e. The molecule has 1 rings (SSSR count). The lowest BCUT2D eigenvalue weighted by Gasteiger charge is -2.32. The standard InChI is InChI=1S/C21H35N3O4/c1-12(2)10-11-24(20(27)23-21(6,7)8)15(5)18(25)16-13(3)17(19(26)28-9)22-14(16)4/h12,15,22H,10-11H2,1-9H3,(H,23,27). The van der Waals surface area contributed by atoms with Crippen molar-refractivity contribution in [3.05, 3.63) is 22.5 Å². The summed E-state index contributed by atoms with van der Waals surface area (Å²) in [6.07, 6.45) is 0.785. The third-order valence-corrected chi connectivity index (χ3v) is 4.61. The van der Waals surface area contributed by atoms with Crippen molar-refractivity contribution in [3.63, 3.8) is 0 Å². The number of nitrogens with zero attached hydrogens (tertiary/aromatic N) is 1. The number of carbonyl (C=O) groups excluding carboxylic acids is 3. The summed E-state index contributed by atoms with van der Waals surface area (Å²) < 4.78 is 4.78. The summed E-state index contributed by atoms with van der Waals surface area (Å²) in [6.45, 7) is 15.5. The summed E-state index contributed by atoms with van der Waals surface area (Å²) in [5.74, 6) is -0.322. The lowest BCUT2D eigenvalue weighted by molar-refractivity contribution is 0.0593. The summed E-state index contributed by atoms with van der Waals surface area (Å²) in [6, 6.07) is -0.937. The van der Waals surface area contributed by atoms with E-state index in [1.165, 1.54) is 7.11 Å². The molecule has 158 valence electrons. The second kappa shape index (κ2) is 9.26. The van der Waals surface area contributed by atoms with E-state index < -0.39 is 17.6 Å². The van der Waals surface area contributed by atoms with Gasteiger partial charge in [-0.2, -0.15) is 0 Å². The number of aromatic amines is 1. The highest BCUT2D eigenvalue weighted by Crippen LogP contribution is 2.22. The fourth-order valence-corrected chi connectivity index (χ4v) is 3.04. The fourth-order valence-electron chi connectivity index (χ4n) is 3.04. The molecule has 0 aromatic carbocycles. The number of nitrogens with one attached hydrogen (secondary N) is 2. The van der Waals surface area contributed by atoms with Crippen molar-refractivity contribution < 1.29 is 19.1 Å². The van der Waals surface area contributed by atoms with Crippen LogP contribution in [0.15, 0.2) is 0 Å². The molecule has 0 radical (unpaired) electrons. The van der Waals surface area contributed by atoms with Crippen molar-refractivity contribution in [1.29, 1.82) is 0 Å². The number of carbonyl (C=O) groups is 3. The van der Waals surface area contributed by atoms with E-state index in [-0.39, 0.29) is 17.5 Å². The Morgan fingerprint density at radius 1 is 1.14 bits per heavy atom. The molecule has 2 amide bonds. The number of aryl methyl sites for hydroxylation is 1. The van der Waals surface area contributed by atoms with Crippen LogP contribution in [0, 0.1) is 19.8 Å². The van der Waals surface area contributed by atoms with Gasteiger partial charge in [0.05, 0.1) is 13.2 Å². The number of hydrogen-bond donors (Lipinski definition) is 2. The van der Waals surface area contributed by atoms with E-state index in [4.69, 9.17) is 4.74 Å². The van der Waals surface area contributed by atoms with Gasteiger partial charge in [-0.15, -0.1) is 0 Å². The number of hydrogen-bond acceptors (Lipinski definition) is 4. The zero-order chi connectivity index (χ0) is 21.8. The summed E-state index contributed by atoms with van der Waals surface area (Å²) in [5, 5.41) is 2.94. The average molecular weight is 394 g/mol. The first-order valence-corrected chi connectivity index (χ1v) is 9.70. The monoisotopic (exact) mass is 393 g/mol. The number of methoxy groups -OCH3 is 1. The van der Waals surface area contributed by atoms with Crippen molar-refractivity contribution in [1.82, 2.24) is 15.2 Å². The van der Waals surface area contributed by atoms with Crippen LogP contribution in [-0.2, 0) is 4.74 Å². The average Bonchev–Trinajstić information content (AvgIpc) is 2.86. The van der Waals surface area contributed by atoms with E-state index in [0.29, 0.717) is 29.3 Å². The van der Waals surface area contributed by atoms with Crippen LogP contribution in [0.5, 0.6) is 0 Å². The Bertz CT molecular complexity index is 729. The maximum Gasteiger partial charge on any atom is 0.354 e. The zero-order valence-electron chi connectivity index (χ0n) is 18.6. The molecule has 7 nitrogen and oxygen atoms in total. The Hall–Kier alpha value is -2.31. The van der Waals surface area contributed by atoms with Gasteiger partial charge in [0.1, 0.15) is 5.69 Å². The van der Waals surface area contributed by atoms with Crippen LogP contribution < -0.4 is 5.32 Å². The van der Waals surface area contributed by atoms with Crippen LogP contribution in [0.2, 0.25) is 0 Å². The van der Waals surface area contributed by atoms with Gasteiger partial charge in [0.2, 0.25) is 0 Å². The number of esters is 1. The normalized spacial score (nSPS) is 12.6. The molecule has 1 atom stereocenters. The van der Waals surface area contributed by atoms with Crippen molar-refractivity contribution in [2.75, 3.05) is 13.7 Å². The Balaban J connectivity index is 3.22. The number of rotatable bonds is 7. The van der Waals surface area contributed by atoms with Gasteiger partial charge in [0.15, 0.2) is 5.78 Å². The maximum absolute atomic E-state index is 13.3. The van der Waals surface area contributed by atoms with Gasteiger partial charge in [-0.05, 0) is 59.4 Å². The molecule has 0 spiro atoms. The van der Waals surface area contributed by atoms with E-state index in [1.54, 1.807) is 25.7 Å². The Kier molecular flexibility index (Phi) is 7.84. The lowest BCUT2D eigenvalue weighted by atomic mass is 9.99. The topological polar surface area (TPSA) is 91.5 Å². The molecular formula is C21H35N3O4. The number of Topliss-reactive ketones (excluding diaryl/α,β-unsaturated/α-hetero) is 1. The summed E-state index contributed by atoms with van der Waals surface area (Å²) in [4.78, 5) is 42.6. The number of aromatic nitrogens is 1. The highest BCUT2D eigenvalue weighted by Gasteiger charge is 2.32. The largest absolute Gasteiger partial charge is 0.464 e. The van der Waals surface area contributed by atoms with Gasteiger partial charge in [-0.1, -0.05) is 13.8 Å². The molecule has 0 bridgehead atoms. The Labute approximate surface area is 168 Å². The molecule has 1 heterocycles. The van der Waals surface area contributed by atoms with E-state index in [9.17, 15) is 14.4 Å². The quantitative estimate of drug-likeness (QED) is 0.544. The third kappa shape index (κ3) is 5.84. The molecule has 0 aliphatic heterocycles.